The van der Waals surface area contributed by atoms with E-state index in [4.69, 9.17) is 4.74 Å². The van der Waals surface area contributed by atoms with E-state index in [0.717, 1.165) is 6.07 Å². The number of hydrogen-bond donors (Lipinski definition) is 1. The van der Waals surface area contributed by atoms with Gasteiger partial charge in [0.05, 0.1) is 18.8 Å². The van der Waals surface area contributed by atoms with Gasteiger partial charge in [-0.1, -0.05) is 13.8 Å². The number of morpholine rings is 1. The van der Waals surface area contributed by atoms with E-state index in [0.29, 0.717) is 43.1 Å². The highest BCUT2D eigenvalue weighted by atomic mass is 19.1. The third kappa shape index (κ3) is 4.25. The molecular weight excluding hydrogens is 366 g/mol. The maximum atomic E-state index is 13.8. The van der Waals surface area contributed by atoms with Gasteiger partial charge in [0, 0.05) is 31.4 Å². The Bertz CT molecular complexity index is 794. The minimum Gasteiger partial charge on any atom is -0.478 e. The molecule has 152 valence electrons. The maximum Gasteiger partial charge on any atom is 0.337 e. The molecule has 1 N–H and O–H groups in total. The Morgan fingerprint density at radius 1 is 1.21 bits per heavy atom. The van der Waals surface area contributed by atoms with Gasteiger partial charge in [0.15, 0.2) is 0 Å². The summed E-state index contributed by atoms with van der Waals surface area (Å²) in [6.07, 6.45) is 1.73. The van der Waals surface area contributed by atoms with Gasteiger partial charge in [-0.15, -0.1) is 0 Å². The van der Waals surface area contributed by atoms with Crippen molar-refractivity contribution < 1.29 is 23.4 Å². The van der Waals surface area contributed by atoms with Crippen LogP contribution in [0.2, 0.25) is 0 Å². The lowest BCUT2D eigenvalue weighted by Crippen LogP contribution is -2.53. The largest absolute Gasteiger partial charge is 0.478 e. The summed E-state index contributed by atoms with van der Waals surface area (Å²) in [4.78, 5) is 16.2. The first-order chi connectivity index (χ1) is 13.3. The zero-order valence-corrected chi connectivity index (χ0v) is 16.4. The average molecular weight is 392 g/mol. The van der Waals surface area contributed by atoms with E-state index in [1.807, 2.05) is 24.8 Å². The molecule has 5 nitrogen and oxygen atoms in total. The molecule has 2 aliphatic rings. The predicted molar refractivity (Wildman–Crippen MR) is 101 cm³/mol. The van der Waals surface area contributed by atoms with Gasteiger partial charge < -0.3 is 14.7 Å². The predicted octanol–water partition coefficient (Wildman–Crippen LogP) is 3.38. The molecule has 1 aromatic rings. The number of nitrogens with zero attached hydrogens (tertiary/aromatic N) is 2. The fraction of sp³-hybridized carbons (Fsp3) is 0.476. The van der Waals surface area contributed by atoms with E-state index >= 15 is 0 Å². The highest BCUT2D eigenvalue weighted by molar-refractivity contribution is 5.93. The van der Waals surface area contributed by atoms with Gasteiger partial charge in [0.1, 0.15) is 17.8 Å². The number of carbonyl (C=O) groups is 1. The van der Waals surface area contributed by atoms with Crippen molar-refractivity contribution in [2.24, 2.45) is 5.92 Å². The maximum absolute atomic E-state index is 13.8. The number of benzene rings is 1. The third-order valence-electron chi connectivity index (χ3n) is 5.13. The molecule has 0 aromatic heterocycles. The quantitative estimate of drug-likeness (QED) is 0.833. The monoisotopic (exact) mass is 392 g/mol. The lowest BCUT2D eigenvalue weighted by Gasteiger charge is -2.46. The molecule has 2 heterocycles. The van der Waals surface area contributed by atoms with E-state index in [-0.39, 0.29) is 24.2 Å². The SMILES string of the molecule is CC1=CC(N2CCOCC2)N(Cc2cc(F)cc(F)c2)C(C(C)C)=C1C(=O)O. The van der Waals surface area contributed by atoms with Crippen LogP contribution >= 0.6 is 0 Å². The lowest BCUT2D eigenvalue weighted by molar-refractivity contribution is -0.132. The Morgan fingerprint density at radius 3 is 2.36 bits per heavy atom. The van der Waals surface area contributed by atoms with Gasteiger partial charge in [0.25, 0.3) is 0 Å². The summed E-state index contributed by atoms with van der Waals surface area (Å²) in [7, 11) is 0. The van der Waals surface area contributed by atoms with Crippen LogP contribution in [0.5, 0.6) is 0 Å². The first kappa shape index (κ1) is 20.5. The van der Waals surface area contributed by atoms with Crippen molar-refractivity contribution in [1.29, 1.82) is 0 Å². The molecule has 2 aliphatic heterocycles. The van der Waals surface area contributed by atoms with Crippen molar-refractivity contribution in [3.8, 4) is 0 Å². The second kappa shape index (κ2) is 8.41. The zero-order valence-electron chi connectivity index (χ0n) is 16.4. The van der Waals surface area contributed by atoms with E-state index in [1.165, 1.54) is 12.1 Å². The van der Waals surface area contributed by atoms with Crippen molar-refractivity contribution >= 4 is 5.97 Å². The minimum absolute atomic E-state index is 0.0725. The van der Waals surface area contributed by atoms with Crippen LogP contribution < -0.4 is 0 Å². The minimum atomic E-state index is -0.992. The van der Waals surface area contributed by atoms with Crippen LogP contribution in [0.25, 0.3) is 0 Å². The fourth-order valence-electron chi connectivity index (χ4n) is 4.01. The number of ether oxygens (including phenoxy) is 1. The Hall–Kier alpha value is -2.25. The Balaban J connectivity index is 2.07. The molecule has 3 rings (SSSR count). The number of aliphatic carboxylic acids is 1. The number of allylic oxidation sites excluding steroid dienone is 1. The van der Waals surface area contributed by atoms with E-state index in [9.17, 15) is 18.7 Å². The van der Waals surface area contributed by atoms with Crippen molar-refractivity contribution in [3.05, 3.63) is 58.3 Å². The van der Waals surface area contributed by atoms with Crippen molar-refractivity contribution in [3.63, 3.8) is 0 Å². The van der Waals surface area contributed by atoms with E-state index in [1.54, 1.807) is 6.92 Å². The second-order valence-electron chi connectivity index (χ2n) is 7.54. The van der Waals surface area contributed by atoms with Gasteiger partial charge in [-0.25, -0.2) is 13.6 Å². The Labute approximate surface area is 163 Å². The molecule has 7 heteroatoms. The first-order valence-corrected chi connectivity index (χ1v) is 9.47. The summed E-state index contributed by atoms with van der Waals surface area (Å²) < 4.78 is 33.0. The summed E-state index contributed by atoms with van der Waals surface area (Å²) >= 11 is 0. The summed E-state index contributed by atoms with van der Waals surface area (Å²) in [5.74, 6) is -2.35. The standard InChI is InChI=1S/C21H26F2N2O3/c1-13(2)20-19(21(26)27)14(3)8-18(24-4-6-28-7-5-24)25(20)12-15-9-16(22)11-17(23)10-15/h8-11,13,18H,4-7,12H2,1-3H3,(H,26,27). The highest BCUT2D eigenvalue weighted by Crippen LogP contribution is 2.35. The molecule has 28 heavy (non-hydrogen) atoms. The van der Waals surface area contributed by atoms with Crippen LogP contribution in [0.3, 0.4) is 0 Å². The molecule has 0 amide bonds. The molecule has 1 unspecified atom stereocenters. The molecule has 0 saturated carbocycles. The van der Waals surface area contributed by atoms with Gasteiger partial charge in [-0.05, 0) is 42.2 Å². The van der Waals surface area contributed by atoms with Crippen LogP contribution in [-0.4, -0.2) is 53.3 Å². The summed E-state index contributed by atoms with van der Waals surface area (Å²) in [6.45, 7) is 8.49. The molecule has 1 saturated heterocycles. The van der Waals surface area contributed by atoms with Crippen molar-refractivity contribution in [1.82, 2.24) is 9.80 Å². The zero-order chi connectivity index (χ0) is 20.4. The van der Waals surface area contributed by atoms with Crippen LogP contribution in [0.4, 0.5) is 8.78 Å². The number of hydrogen-bond acceptors (Lipinski definition) is 4. The Morgan fingerprint density at radius 2 is 1.82 bits per heavy atom. The number of halogens is 2. The lowest BCUT2D eigenvalue weighted by atomic mass is 9.92. The smallest absolute Gasteiger partial charge is 0.337 e. The van der Waals surface area contributed by atoms with E-state index in [2.05, 4.69) is 4.90 Å². The fourth-order valence-corrected chi connectivity index (χ4v) is 4.01. The van der Waals surface area contributed by atoms with Crippen LogP contribution in [-0.2, 0) is 16.1 Å². The number of rotatable bonds is 5. The third-order valence-corrected chi connectivity index (χ3v) is 5.13. The molecular formula is C21H26F2N2O3. The Kier molecular flexibility index (Phi) is 6.15. The molecule has 1 atom stereocenters. The van der Waals surface area contributed by atoms with Gasteiger partial charge in [0.2, 0.25) is 0 Å². The van der Waals surface area contributed by atoms with Gasteiger partial charge >= 0.3 is 5.97 Å². The summed E-state index contributed by atoms with van der Waals surface area (Å²) in [5.41, 5.74) is 2.10. The number of carboxylic acid groups (broad SMARTS) is 1. The summed E-state index contributed by atoms with van der Waals surface area (Å²) in [6, 6.07) is 3.43. The molecule has 0 aliphatic carbocycles. The molecule has 0 radical (unpaired) electrons. The topological polar surface area (TPSA) is 53.0 Å². The van der Waals surface area contributed by atoms with Crippen molar-refractivity contribution in [2.75, 3.05) is 26.3 Å². The normalized spacial score (nSPS) is 21.3. The summed E-state index contributed by atoms with van der Waals surface area (Å²) in [5, 5.41) is 9.82. The number of carboxylic acids is 1. The average Bonchev–Trinajstić information content (AvgIpc) is 2.61. The first-order valence-electron chi connectivity index (χ1n) is 9.47. The van der Waals surface area contributed by atoms with Gasteiger partial charge in [-0.2, -0.15) is 0 Å². The molecule has 1 fully saturated rings. The molecule has 0 spiro atoms. The van der Waals surface area contributed by atoms with Gasteiger partial charge in [-0.3, -0.25) is 4.90 Å². The van der Waals surface area contributed by atoms with Crippen LogP contribution in [0.15, 0.2) is 41.1 Å². The van der Waals surface area contributed by atoms with E-state index < -0.39 is 17.6 Å². The highest BCUT2D eigenvalue weighted by Gasteiger charge is 2.35. The second-order valence-corrected chi connectivity index (χ2v) is 7.54. The van der Waals surface area contributed by atoms with Crippen LogP contribution in [0.1, 0.15) is 26.3 Å². The van der Waals surface area contributed by atoms with Crippen LogP contribution in [0, 0.1) is 17.6 Å². The molecule has 0 bridgehead atoms. The van der Waals surface area contributed by atoms with Crippen molar-refractivity contribution in [2.45, 2.75) is 33.5 Å². The molecule has 1 aromatic carbocycles.